The van der Waals surface area contributed by atoms with Crippen LogP contribution in [0.1, 0.15) is 0 Å². The number of hydrogen-bond donors (Lipinski definition) is 0. The van der Waals surface area contributed by atoms with Crippen molar-refractivity contribution < 1.29 is 0 Å². The summed E-state index contributed by atoms with van der Waals surface area (Å²) in [5, 5.41) is 2.48. The zero-order chi connectivity index (χ0) is 13.5. The van der Waals surface area contributed by atoms with E-state index in [2.05, 4.69) is 51.9 Å². The maximum Gasteiger partial charge on any atom is 0.0893 e. The molecule has 3 heterocycles. The Morgan fingerprint density at radius 3 is 2.50 bits per heavy atom. The molecule has 3 aromatic heterocycles. The zero-order valence-corrected chi connectivity index (χ0v) is 11.1. The van der Waals surface area contributed by atoms with Gasteiger partial charge in [0.1, 0.15) is 0 Å². The molecule has 3 heteroatoms. The van der Waals surface area contributed by atoms with Crippen molar-refractivity contribution in [3.8, 4) is 11.4 Å². The van der Waals surface area contributed by atoms with Gasteiger partial charge in [-0.25, -0.2) is 0 Å². The van der Waals surface area contributed by atoms with E-state index in [4.69, 9.17) is 0 Å². The molecule has 20 heavy (non-hydrogen) atoms. The predicted molar refractivity (Wildman–Crippen MR) is 81.5 cm³/mol. The molecule has 0 spiro atoms. The third kappa shape index (κ3) is 1.53. The molecule has 3 nitrogen and oxygen atoms in total. The highest BCUT2D eigenvalue weighted by atomic mass is 14.9. The summed E-state index contributed by atoms with van der Waals surface area (Å²) < 4.78 is 2.18. The minimum atomic E-state index is 0.905. The molecule has 0 N–H and O–H groups in total. The van der Waals surface area contributed by atoms with Crippen molar-refractivity contribution in [2.45, 2.75) is 0 Å². The van der Waals surface area contributed by atoms with Crippen LogP contribution in [-0.4, -0.2) is 14.5 Å². The van der Waals surface area contributed by atoms with Crippen LogP contribution in [0.2, 0.25) is 0 Å². The Kier molecular flexibility index (Phi) is 2.33. The molecule has 0 radical (unpaired) electrons. The van der Waals surface area contributed by atoms with E-state index in [1.807, 2.05) is 24.4 Å². The topological polar surface area (TPSA) is 30.7 Å². The van der Waals surface area contributed by atoms with E-state index >= 15 is 0 Å². The number of nitrogens with zero attached hydrogens (tertiary/aromatic N) is 3. The van der Waals surface area contributed by atoms with Crippen molar-refractivity contribution in [1.82, 2.24) is 14.5 Å². The number of para-hydroxylation sites is 1. The molecule has 0 saturated heterocycles. The van der Waals surface area contributed by atoms with Gasteiger partial charge < -0.3 is 4.57 Å². The molecule has 0 fully saturated rings. The van der Waals surface area contributed by atoms with Crippen LogP contribution in [0.15, 0.2) is 60.9 Å². The first-order valence-electron chi connectivity index (χ1n) is 6.59. The van der Waals surface area contributed by atoms with E-state index in [9.17, 15) is 0 Å². The first-order chi connectivity index (χ1) is 9.84. The van der Waals surface area contributed by atoms with Crippen LogP contribution in [0.25, 0.3) is 33.2 Å². The van der Waals surface area contributed by atoms with Crippen LogP contribution in [0.5, 0.6) is 0 Å². The van der Waals surface area contributed by atoms with Crippen LogP contribution >= 0.6 is 0 Å². The molecule has 0 aliphatic carbocycles. The van der Waals surface area contributed by atoms with E-state index in [1.54, 1.807) is 6.20 Å². The lowest BCUT2D eigenvalue weighted by Gasteiger charge is -2.01. The summed E-state index contributed by atoms with van der Waals surface area (Å²) in [7, 11) is 2.08. The smallest absolute Gasteiger partial charge is 0.0893 e. The van der Waals surface area contributed by atoms with Gasteiger partial charge in [0.25, 0.3) is 0 Å². The maximum atomic E-state index is 4.55. The molecule has 0 atom stereocenters. The average Bonchev–Trinajstić information content (AvgIpc) is 2.81. The van der Waals surface area contributed by atoms with Crippen LogP contribution < -0.4 is 0 Å². The molecule has 0 aliphatic heterocycles. The SMILES string of the molecule is Cn1c2ccccc2c2cc(-c3ccccn3)ncc21. The van der Waals surface area contributed by atoms with Gasteiger partial charge in [-0.2, -0.15) is 0 Å². The lowest BCUT2D eigenvalue weighted by molar-refractivity contribution is 1.01. The minimum absolute atomic E-state index is 0.905. The average molecular weight is 259 g/mol. The van der Waals surface area contributed by atoms with Crippen molar-refractivity contribution in [2.24, 2.45) is 7.05 Å². The number of hydrogen-bond acceptors (Lipinski definition) is 2. The van der Waals surface area contributed by atoms with Crippen molar-refractivity contribution >= 4 is 21.8 Å². The second-order valence-electron chi connectivity index (χ2n) is 4.88. The summed E-state index contributed by atoms with van der Waals surface area (Å²) in [4.78, 5) is 8.92. The molecular formula is C17H13N3. The Balaban J connectivity index is 2.07. The summed E-state index contributed by atoms with van der Waals surface area (Å²) in [6.45, 7) is 0. The van der Waals surface area contributed by atoms with Crippen LogP contribution in [0, 0.1) is 0 Å². The molecule has 96 valence electrons. The van der Waals surface area contributed by atoms with E-state index < -0.39 is 0 Å². The fraction of sp³-hybridized carbons (Fsp3) is 0.0588. The van der Waals surface area contributed by atoms with Crippen molar-refractivity contribution in [3.63, 3.8) is 0 Å². The number of pyridine rings is 2. The van der Waals surface area contributed by atoms with Crippen LogP contribution in [0.4, 0.5) is 0 Å². The first kappa shape index (κ1) is 11.2. The van der Waals surface area contributed by atoms with Gasteiger partial charge in [-0.1, -0.05) is 24.3 Å². The van der Waals surface area contributed by atoms with Crippen LogP contribution in [-0.2, 0) is 7.05 Å². The van der Waals surface area contributed by atoms with Gasteiger partial charge in [-0.05, 0) is 24.3 Å². The molecule has 0 unspecified atom stereocenters. The first-order valence-corrected chi connectivity index (χ1v) is 6.59. The van der Waals surface area contributed by atoms with Crippen LogP contribution in [0.3, 0.4) is 0 Å². The molecule has 0 saturated carbocycles. The van der Waals surface area contributed by atoms with Crippen molar-refractivity contribution in [1.29, 1.82) is 0 Å². The monoisotopic (exact) mass is 259 g/mol. The number of rotatable bonds is 1. The number of benzene rings is 1. The van der Waals surface area contributed by atoms with Crippen molar-refractivity contribution in [3.05, 3.63) is 60.9 Å². The molecule has 1 aromatic carbocycles. The third-order valence-corrected chi connectivity index (χ3v) is 3.73. The van der Waals surface area contributed by atoms with Gasteiger partial charge in [0, 0.05) is 29.5 Å². The largest absolute Gasteiger partial charge is 0.342 e. The lowest BCUT2D eigenvalue weighted by Crippen LogP contribution is -1.89. The Labute approximate surface area is 116 Å². The highest BCUT2D eigenvalue weighted by Crippen LogP contribution is 2.29. The summed E-state index contributed by atoms with van der Waals surface area (Å²) in [5.41, 5.74) is 4.19. The van der Waals surface area contributed by atoms with Gasteiger partial charge in [0.15, 0.2) is 0 Å². The fourth-order valence-electron chi connectivity index (χ4n) is 2.71. The minimum Gasteiger partial charge on any atom is -0.342 e. The molecule has 0 aliphatic rings. The predicted octanol–water partition coefficient (Wildman–Crippen LogP) is 3.79. The zero-order valence-electron chi connectivity index (χ0n) is 11.1. The van der Waals surface area contributed by atoms with Gasteiger partial charge in [0.2, 0.25) is 0 Å². The second kappa shape index (κ2) is 4.17. The van der Waals surface area contributed by atoms with E-state index in [0.717, 1.165) is 16.9 Å². The van der Waals surface area contributed by atoms with Crippen molar-refractivity contribution in [2.75, 3.05) is 0 Å². The highest BCUT2D eigenvalue weighted by molar-refractivity contribution is 6.08. The lowest BCUT2D eigenvalue weighted by atomic mass is 10.1. The Bertz CT molecular complexity index is 907. The van der Waals surface area contributed by atoms with E-state index in [1.165, 1.54) is 16.3 Å². The normalized spacial score (nSPS) is 11.2. The van der Waals surface area contributed by atoms with Gasteiger partial charge in [-0.3, -0.25) is 9.97 Å². The summed E-state index contributed by atoms with van der Waals surface area (Å²) >= 11 is 0. The van der Waals surface area contributed by atoms with Gasteiger partial charge in [-0.15, -0.1) is 0 Å². The maximum absolute atomic E-state index is 4.55. The standard InChI is InChI=1S/C17H13N3/c1-20-16-8-3-2-6-12(16)13-10-15(19-11-17(13)20)14-7-4-5-9-18-14/h2-11H,1H3. The quantitative estimate of drug-likeness (QED) is 0.520. The highest BCUT2D eigenvalue weighted by Gasteiger charge is 2.09. The Hall–Kier alpha value is -2.68. The molecule has 4 aromatic rings. The van der Waals surface area contributed by atoms with Gasteiger partial charge in [0.05, 0.1) is 23.1 Å². The summed E-state index contributed by atoms with van der Waals surface area (Å²) in [6, 6.07) is 16.4. The number of aromatic nitrogens is 3. The number of aryl methyl sites for hydroxylation is 1. The number of fused-ring (bicyclic) bond motifs is 3. The second-order valence-corrected chi connectivity index (χ2v) is 4.88. The van der Waals surface area contributed by atoms with E-state index in [-0.39, 0.29) is 0 Å². The molecule has 0 amide bonds. The Morgan fingerprint density at radius 2 is 1.65 bits per heavy atom. The summed E-state index contributed by atoms with van der Waals surface area (Å²) in [6.07, 6.45) is 3.73. The van der Waals surface area contributed by atoms with Gasteiger partial charge >= 0.3 is 0 Å². The molecule has 0 bridgehead atoms. The third-order valence-electron chi connectivity index (χ3n) is 3.73. The molecule has 4 rings (SSSR count). The van der Waals surface area contributed by atoms with E-state index in [0.29, 0.717) is 0 Å². The molecular weight excluding hydrogens is 246 g/mol. The fourth-order valence-corrected chi connectivity index (χ4v) is 2.71. The Morgan fingerprint density at radius 1 is 0.800 bits per heavy atom. The summed E-state index contributed by atoms with van der Waals surface area (Å²) in [5.74, 6) is 0.